The molecule has 0 saturated carbocycles. The van der Waals surface area contributed by atoms with Crippen LogP contribution in [-0.4, -0.2) is 35.1 Å². The van der Waals surface area contributed by atoms with Gasteiger partial charge in [-0.25, -0.2) is 0 Å². The predicted octanol–water partition coefficient (Wildman–Crippen LogP) is 7.54. The van der Waals surface area contributed by atoms with E-state index >= 15 is 0 Å². The number of nitrogens with one attached hydrogen (secondary N) is 1. The van der Waals surface area contributed by atoms with Gasteiger partial charge in [0.2, 0.25) is 11.8 Å². The topological polar surface area (TPSA) is 49.4 Å². The molecule has 3 rings (SSSR count). The third-order valence-electron chi connectivity index (χ3n) is 5.71. The first-order chi connectivity index (χ1) is 17.7. The lowest BCUT2D eigenvalue weighted by atomic mass is 10.0. The maximum atomic E-state index is 13.7. The maximum absolute atomic E-state index is 13.7. The van der Waals surface area contributed by atoms with Crippen molar-refractivity contribution in [3.05, 3.63) is 99.0 Å². The van der Waals surface area contributed by atoms with Crippen molar-refractivity contribution in [2.24, 2.45) is 5.92 Å². The van der Waals surface area contributed by atoms with Crippen LogP contribution in [0.5, 0.6) is 0 Å². The van der Waals surface area contributed by atoms with Crippen LogP contribution in [0.15, 0.2) is 77.7 Å². The van der Waals surface area contributed by atoms with E-state index in [2.05, 4.69) is 5.32 Å². The number of amides is 2. The summed E-state index contributed by atoms with van der Waals surface area (Å²) in [5.41, 5.74) is 1.71. The summed E-state index contributed by atoms with van der Waals surface area (Å²) in [6.45, 7) is 4.81. The summed E-state index contributed by atoms with van der Waals surface area (Å²) in [7, 11) is 0. The predicted molar refractivity (Wildman–Crippen MR) is 156 cm³/mol. The second-order valence-electron chi connectivity index (χ2n) is 9.15. The normalized spacial score (nSPS) is 11.8. The highest BCUT2D eigenvalue weighted by Gasteiger charge is 2.30. The van der Waals surface area contributed by atoms with Gasteiger partial charge < -0.3 is 10.2 Å². The Morgan fingerprint density at radius 2 is 1.59 bits per heavy atom. The van der Waals surface area contributed by atoms with Crippen molar-refractivity contribution in [3.63, 3.8) is 0 Å². The molecule has 0 aliphatic heterocycles. The van der Waals surface area contributed by atoms with Crippen LogP contribution in [-0.2, 0) is 22.6 Å². The first kappa shape index (κ1) is 29.4. The molecule has 0 aliphatic rings. The van der Waals surface area contributed by atoms with Crippen molar-refractivity contribution in [1.82, 2.24) is 10.2 Å². The summed E-state index contributed by atoms with van der Waals surface area (Å²) >= 11 is 20.1. The molecule has 0 unspecified atom stereocenters. The van der Waals surface area contributed by atoms with Crippen LogP contribution in [0.2, 0.25) is 15.1 Å². The zero-order chi connectivity index (χ0) is 26.8. The fourth-order valence-electron chi connectivity index (χ4n) is 3.74. The molecule has 8 heteroatoms. The average molecular weight is 578 g/mol. The monoisotopic (exact) mass is 576 g/mol. The molecule has 1 atom stereocenters. The maximum Gasteiger partial charge on any atom is 0.243 e. The molecule has 0 radical (unpaired) electrons. The number of nitrogens with zero attached hydrogens (tertiary/aromatic N) is 1. The van der Waals surface area contributed by atoms with Gasteiger partial charge >= 0.3 is 0 Å². The number of thioether (sulfide) groups is 1. The van der Waals surface area contributed by atoms with Gasteiger partial charge in [0.05, 0.1) is 0 Å². The van der Waals surface area contributed by atoms with Crippen molar-refractivity contribution < 1.29 is 9.59 Å². The Labute approximate surface area is 238 Å². The van der Waals surface area contributed by atoms with Crippen molar-refractivity contribution in [2.45, 2.75) is 44.2 Å². The van der Waals surface area contributed by atoms with Crippen LogP contribution in [0.4, 0.5) is 0 Å². The number of hydrogen-bond acceptors (Lipinski definition) is 3. The van der Waals surface area contributed by atoms with E-state index in [0.717, 1.165) is 16.0 Å². The van der Waals surface area contributed by atoms with Crippen molar-refractivity contribution >= 4 is 58.4 Å². The van der Waals surface area contributed by atoms with Gasteiger partial charge in [0, 0.05) is 51.6 Å². The molecule has 37 heavy (non-hydrogen) atoms. The molecule has 0 heterocycles. The summed E-state index contributed by atoms with van der Waals surface area (Å²) in [5, 5.41) is 4.67. The van der Waals surface area contributed by atoms with Crippen molar-refractivity contribution in [3.8, 4) is 0 Å². The average Bonchev–Trinajstić information content (AvgIpc) is 2.87. The smallest absolute Gasteiger partial charge is 0.243 e. The fraction of sp³-hybridized carbons (Fsp3) is 0.310. The van der Waals surface area contributed by atoms with Crippen LogP contribution in [0.25, 0.3) is 0 Å². The van der Waals surface area contributed by atoms with Gasteiger partial charge in [0.1, 0.15) is 6.04 Å². The van der Waals surface area contributed by atoms with Gasteiger partial charge in [0.15, 0.2) is 0 Å². The largest absolute Gasteiger partial charge is 0.354 e. The van der Waals surface area contributed by atoms with E-state index < -0.39 is 6.04 Å². The highest BCUT2D eigenvalue weighted by Crippen LogP contribution is 2.26. The van der Waals surface area contributed by atoms with Gasteiger partial charge in [-0.05, 0) is 53.4 Å². The minimum Gasteiger partial charge on any atom is -0.354 e. The van der Waals surface area contributed by atoms with E-state index in [9.17, 15) is 9.59 Å². The summed E-state index contributed by atoms with van der Waals surface area (Å²) in [6, 6.07) is 21.8. The molecule has 0 fully saturated rings. The molecule has 0 bridgehead atoms. The van der Waals surface area contributed by atoms with Crippen molar-refractivity contribution in [2.75, 3.05) is 12.3 Å². The Hall–Kier alpha value is -2.18. The molecule has 1 N–H and O–H groups in total. The second-order valence-corrected chi connectivity index (χ2v) is 11.6. The Morgan fingerprint density at radius 3 is 2.24 bits per heavy atom. The first-order valence-corrected chi connectivity index (χ1v) is 14.3. The minimum atomic E-state index is -0.694. The van der Waals surface area contributed by atoms with E-state index in [1.165, 1.54) is 0 Å². The third-order valence-corrected chi connectivity index (χ3v) is 7.56. The number of rotatable bonds is 12. The molecule has 0 spiro atoms. The van der Waals surface area contributed by atoms with Crippen LogP contribution >= 0.6 is 46.6 Å². The van der Waals surface area contributed by atoms with Gasteiger partial charge in [-0.3, -0.25) is 9.59 Å². The van der Waals surface area contributed by atoms with Gasteiger partial charge in [-0.1, -0.05) is 85.0 Å². The molecular formula is C29H31Cl3N2O2S. The molecule has 2 amide bonds. The number of benzene rings is 3. The number of hydrogen-bond donors (Lipinski definition) is 1. The van der Waals surface area contributed by atoms with E-state index in [4.69, 9.17) is 34.8 Å². The molecule has 0 saturated heterocycles. The Kier molecular flexibility index (Phi) is 11.7. The van der Waals surface area contributed by atoms with Crippen LogP contribution in [0, 0.1) is 5.92 Å². The zero-order valence-corrected chi connectivity index (χ0v) is 24.0. The Morgan fingerprint density at radius 1 is 0.919 bits per heavy atom. The minimum absolute atomic E-state index is 0.117. The lowest BCUT2D eigenvalue weighted by Gasteiger charge is -2.32. The molecule has 0 aromatic heterocycles. The SMILES string of the molecule is CC(C)CNC(=O)[C@H](Cc1ccccc1)N(Cc1ccc(Cl)cc1Cl)C(=O)CCSc1ccc(Cl)cc1. The molecule has 3 aromatic rings. The standard InChI is InChI=1S/C29H31Cl3N2O2S/c1-20(2)18-33-29(36)27(16-21-6-4-3-5-7-21)34(19-22-8-9-24(31)17-26(22)32)28(35)14-15-37-25-12-10-23(30)11-13-25/h3-13,17,20,27H,14-16,18-19H2,1-2H3,(H,33,36)/t27-/m0/s1. The quantitative estimate of drug-likeness (QED) is 0.226. The lowest BCUT2D eigenvalue weighted by Crippen LogP contribution is -2.51. The number of carbonyl (C=O) groups excluding carboxylic acids is 2. The van der Waals surface area contributed by atoms with Gasteiger partial charge in [0.25, 0.3) is 0 Å². The second kappa shape index (κ2) is 14.7. The van der Waals surface area contributed by atoms with E-state index in [0.29, 0.717) is 33.8 Å². The summed E-state index contributed by atoms with van der Waals surface area (Å²) < 4.78 is 0. The van der Waals surface area contributed by atoms with E-state index in [1.807, 2.05) is 68.4 Å². The fourth-order valence-corrected chi connectivity index (χ4v) is 5.18. The molecule has 196 valence electrons. The number of carbonyl (C=O) groups is 2. The molecule has 4 nitrogen and oxygen atoms in total. The van der Waals surface area contributed by atoms with Gasteiger partial charge in [-0.2, -0.15) is 0 Å². The third kappa shape index (κ3) is 9.57. The Balaban J connectivity index is 1.86. The van der Waals surface area contributed by atoms with Gasteiger partial charge in [-0.15, -0.1) is 11.8 Å². The highest BCUT2D eigenvalue weighted by atomic mass is 35.5. The van der Waals surface area contributed by atoms with Crippen molar-refractivity contribution in [1.29, 1.82) is 0 Å². The molecule has 0 aliphatic carbocycles. The Bertz CT molecular complexity index is 1170. The van der Waals surface area contributed by atoms with Crippen LogP contribution < -0.4 is 5.32 Å². The van der Waals surface area contributed by atoms with Crippen LogP contribution in [0.3, 0.4) is 0 Å². The summed E-state index contributed by atoms with van der Waals surface area (Å²) in [5.74, 6) is 0.554. The highest BCUT2D eigenvalue weighted by molar-refractivity contribution is 7.99. The lowest BCUT2D eigenvalue weighted by molar-refractivity contribution is -0.141. The zero-order valence-electron chi connectivity index (χ0n) is 20.9. The summed E-state index contributed by atoms with van der Waals surface area (Å²) in [4.78, 5) is 29.8. The van der Waals surface area contributed by atoms with E-state index in [1.54, 1.807) is 34.9 Å². The first-order valence-electron chi connectivity index (χ1n) is 12.2. The molecular weight excluding hydrogens is 547 g/mol. The summed E-state index contributed by atoms with van der Waals surface area (Å²) in [6.07, 6.45) is 0.660. The van der Waals surface area contributed by atoms with E-state index in [-0.39, 0.29) is 30.7 Å². The number of halogens is 3. The molecule has 3 aromatic carbocycles. The van der Waals surface area contributed by atoms with Crippen LogP contribution in [0.1, 0.15) is 31.4 Å².